The number of pyridine rings is 1. The van der Waals surface area contributed by atoms with Crippen LogP contribution in [0.3, 0.4) is 0 Å². The van der Waals surface area contributed by atoms with E-state index in [2.05, 4.69) is 4.98 Å². The van der Waals surface area contributed by atoms with E-state index in [1.54, 1.807) is 11.1 Å². The van der Waals surface area contributed by atoms with Crippen LogP contribution in [-0.2, 0) is 9.53 Å². The van der Waals surface area contributed by atoms with E-state index in [-0.39, 0.29) is 23.9 Å². The van der Waals surface area contributed by atoms with Crippen LogP contribution >= 0.6 is 0 Å². The Bertz CT molecular complexity index is 840. The average Bonchev–Trinajstić information content (AvgIpc) is 2.67. The second-order valence-corrected chi connectivity index (χ2v) is 7.02. The molecule has 0 saturated carbocycles. The van der Waals surface area contributed by atoms with Gasteiger partial charge in [-0.15, -0.1) is 0 Å². The number of likely N-dealkylation sites (N-methyl/N-ethyl adjacent to an activating group) is 1. The third kappa shape index (κ3) is 2.74. The van der Waals surface area contributed by atoms with E-state index < -0.39 is 0 Å². The van der Waals surface area contributed by atoms with Gasteiger partial charge in [0.15, 0.2) is 0 Å². The first-order valence-corrected chi connectivity index (χ1v) is 9.16. The largest absolute Gasteiger partial charge is 0.381 e. The van der Waals surface area contributed by atoms with Crippen molar-refractivity contribution < 1.29 is 14.3 Å². The average molecular weight is 353 g/mol. The monoisotopic (exact) mass is 353 g/mol. The molecule has 0 radical (unpaired) electrons. The number of aromatic nitrogens is 1. The zero-order valence-corrected chi connectivity index (χ0v) is 15.0. The molecule has 0 N–H and O–H groups in total. The van der Waals surface area contributed by atoms with Crippen LogP contribution in [0.2, 0.25) is 0 Å². The Labute approximate surface area is 152 Å². The number of ether oxygens (including phenoxy) is 1. The molecule has 0 aliphatic carbocycles. The molecule has 0 unspecified atom stereocenters. The minimum absolute atomic E-state index is 0.00855. The Morgan fingerprint density at radius 1 is 1.23 bits per heavy atom. The van der Waals surface area contributed by atoms with Gasteiger partial charge in [0.1, 0.15) is 12.2 Å². The summed E-state index contributed by atoms with van der Waals surface area (Å²) in [6, 6.07) is 9.61. The quantitative estimate of drug-likeness (QED) is 0.829. The molecule has 6 nitrogen and oxygen atoms in total. The first-order chi connectivity index (χ1) is 12.6. The molecule has 6 heteroatoms. The van der Waals surface area contributed by atoms with Crippen molar-refractivity contribution in [2.75, 3.05) is 32.8 Å². The minimum Gasteiger partial charge on any atom is -0.381 e. The van der Waals surface area contributed by atoms with Crippen LogP contribution < -0.4 is 0 Å². The Morgan fingerprint density at radius 2 is 2.00 bits per heavy atom. The number of carbonyl (C=O) groups is 2. The van der Waals surface area contributed by atoms with Crippen LogP contribution in [-0.4, -0.2) is 65.0 Å². The summed E-state index contributed by atoms with van der Waals surface area (Å²) in [5.41, 5.74) is 0.103. The normalized spacial score (nSPS) is 20.0. The molecule has 2 aliphatic rings. The number of carbonyl (C=O) groups excluding carboxylic acids is 2. The highest BCUT2D eigenvalue weighted by atomic mass is 16.5. The molecule has 1 spiro atoms. The van der Waals surface area contributed by atoms with Gasteiger partial charge in [0, 0.05) is 37.9 Å². The van der Waals surface area contributed by atoms with Crippen LogP contribution in [0.5, 0.6) is 0 Å². The number of rotatable bonds is 2. The van der Waals surface area contributed by atoms with Crippen molar-refractivity contribution in [1.82, 2.24) is 14.8 Å². The molecule has 1 aromatic heterocycles. The minimum atomic E-state index is -0.317. The summed E-state index contributed by atoms with van der Waals surface area (Å²) < 4.78 is 5.51. The lowest BCUT2D eigenvalue weighted by molar-refractivity contribution is -0.150. The van der Waals surface area contributed by atoms with E-state index in [1.807, 2.05) is 42.2 Å². The van der Waals surface area contributed by atoms with E-state index in [0.717, 1.165) is 23.6 Å². The van der Waals surface area contributed by atoms with Gasteiger partial charge in [-0.3, -0.25) is 14.6 Å². The standard InChI is InChI=1S/C20H23N3O3/c1-2-23-17(24)13-22(14-20(23)8-11-26-12-9-20)19(25)18-16-6-4-3-5-15(16)7-10-21-18/h3-7,10H,2,8-9,11-14H2,1H3. The summed E-state index contributed by atoms with van der Waals surface area (Å²) >= 11 is 0. The third-order valence-electron chi connectivity index (χ3n) is 5.59. The van der Waals surface area contributed by atoms with E-state index in [1.165, 1.54) is 0 Å². The molecule has 2 fully saturated rings. The molecule has 0 atom stereocenters. The number of amides is 2. The predicted molar refractivity (Wildman–Crippen MR) is 97.8 cm³/mol. The summed E-state index contributed by atoms with van der Waals surface area (Å²) in [5, 5.41) is 1.80. The van der Waals surface area contributed by atoms with E-state index in [4.69, 9.17) is 4.74 Å². The molecule has 2 aliphatic heterocycles. The van der Waals surface area contributed by atoms with Crippen molar-refractivity contribution in [2.24, 2.45) is 0 Å². The molecule has 26 heavy (non-hydrogen) atoms. The molecular weight excluding hydrogens is 330 g/mol. The van der Waals surface area contributed by atoms with Gasteiger partial charge in [0.05, 0.1) is 5.54 Å². The Balaban J connectivity index is 1.69. The lowest BCUT2D eigenvalue weighted by atomic mass is 9.85. The van der Waals surface area contributed by atoms with Gasteiger partial charge in [-0.05, 0) is 31.2 Å². The fourth-order valence-corrected chi connectivity index (χ4v) is 4.28. The van der Waals surface area contributed by atoms with Crippen LogP contribution in [0.1, 0.15) is 30.3 Å². The highest BCUT2D eigenvalue weighted by Crippen LogP contribution is 2.33. The molecule has 2 amide bonds. The van der Waals surface area contributed by atoms with Crippen molar-refractivity contribution in [1.29, 1.82) is 0 Å². The fraction of sp³-hybridized carbons (Fsp3) is 0.450. The van der Waals surface area contributed by atoms with Crippen molar-refractivity contribution >= 4 is 22.6 Å². The molecule has 2 aromatic rings. The van der Waals surface area contributed by atoms with Crippen molar-refractivity contribution in [3.05, 3.63) is 42.2 Å². The maximum atomic E-state index is 13.2. The summed E-state index contributed by atoms with van der Waals surface area (Å²) in [7, 11) is 0. The Hall–Kier alpha value is -2.47. The topological polar surface area (TPSA) is 62.7 Å². The number of fused-ring (bicyclic) bond motifs is 1. The highest BCUT2D eigenvalue weighted by Gasteiger charge is 2.47. The van der Waals surface area contributed by atoms with E-state index >= 15 is 0 Å². The van der Waals surface area contributed by atoms with Gasteiger partial charge in [0.25, 0.3) is 5.91 Å². The van der Waals surface area contributed by atoms with Gasteiger partial charge < -0.3 is 14.5 Å². The third-order valence-corrected chi connectivity index (χ3v) is 5.59. The number of hydrogen-bond donors (Lipinski definition) is 0. The molecular formula is C20H23N3O3. The predicted octanol–water partition coefficient (Wildman–Crippen LogP) is 2.09. The number of nitrogens with zero attached hydrogens (tertiary/aromatic N) is 3. The van der Waals surface area contributed by atoms with Gasteiger partial charge in [0.2, 0.25) is 5.91 Å². The number of benzene rings is 1. The first kappa shape index (κ1) is 17.0. The van der Waals surface area contributed by atoms with Crippen molar-refractivity contribution in [3.63, 3.8) is 0 Å². The molecule has 136 valence electrons. The lowest BCUT2D eigenvalue weighted by Crippen LogP contribution is -2.67. The van der Waals surface area contributed by atoms with Crippen LogP contribution in [0.15, 0.2) is 36.5 Å². The second-order valence-electron chi connectivity index (χ2n) is 7.02. The van der Waals surface area contributed by atoms with Gasteiger partial charge >= 0.3 is 0 Å². The lowest BCUT2D eigenvalue weighted by Gasteiger charge is -2.52. The zero-order valence-electron chi connectivity index (χ0n) is 15.0. The van der Waals surface area contributed by atoms with Crippen molar-refractivity contribution in [3.8, 4) is 0 Å². The van der Waals surface area contributed by atoms with Crippen LogP contribution in [0, 0.1) is 0 Å². The smallest absolute Gasteiger partial charge is 0.273 e. The van der Waals surface area contributed by atoms with Gasteiger partial charge in [-0.1, -0.05) is 24.3 Å². The number of hydrogen-bond acceptors (Lipinski definition) is 4. The van der Waals surface area contributed by atoms with E-state index in [0.29, 0.717) is 32.0 Å². The van der Waals surface area contributed by atoms with Crippen LogP contribution in [0.25, 0.3) is 10.8 Å². The van der Waals surface area contributed by atoms with Gasteiger partial charge in [-0.25, -0.2) is 0 Å². The number of piperazine rings is 1. The fourth-order valence-electron chi connectivity index (χ4n) is 4.28. The Morgan fingerprint density at radius 3 is 2.77 bits per heavy atom. The summed E-state index contributed by atoms with van der Waals surface area (Å²) in [6.07, 6.45) is 3.18. The SMILES string of the molecule is CCN1C(=O)CN(C(=O)c2nccc3ccccc23)CC12CCOCC2. The first-order valence-electron chi connectivity index (χ1n) is 9.16. The van der Waals surface area contributed by atoms with Crippen molar-refractivity contribution in [2.45, 2.75) is 25.3 Å². The summed E-state index contributed by atoms with van der Waals surface area (Å²) in [5.74, 6) is -0.161. The molecule has 2 saturated heterocycles. The Kier molecular flexibility index (Phi) is 4.36. The highest BCUT2D eigenvalue weighted by molar-refractivity contribution is 6.06. The second kappa shape index (κ2) is 6.68. The maximum Gasteiger partial charge on any atom is 0.273 e. The zero-order chi connectivity index (χ0) is 18.1. The summed E-state index contributed by atoms with van der Waals surface area (Å²) in [4.78, 5) is 34.0. The summed E-state index contributed by atoms with van der Waals surface area (Å²) in [6.45, 7) is 4.56. The maximum absolute atomic E-state index is 13.2. The molecule has 1 aromatic carbocycles. The van der Waals surface area contributed by atoms with Crippen LogP contribution in [0.4, 0.5) is 0 Å². The van der Waals surface area contributed by atoms with Gasteiger partial charge in [-0.2, -0.15) is 0 Å². The molecule has 3 heterocycles. The molecule has 0 bridgehead atoms. The molecule has 4 rings (SSSR count). The van der Waals surface area contributed by atoms with E-state index in [9.17, 15) is 9.59 Å².